The van der Waals surface area contributed by atoms with Crippen molar-refractivity contribution in [3.05, 3.63) is 65.2 Å². The van der Waals surface area contributed by atoms with Crippen LogP contribution < -0.4 is 15.4 Å². The van der Waals surface area contributed by atoms with E-state index in [0.717, 1.165) is 27.8 Å². The maximum absolute atomic E-state index is 14.5. The second kappa shape index (κ2) is 14.3. The minimum absolute atomic E-state index is 0.0623. The fourth-order valence-electron chi connectivity index (χ4n) is 7.49. The number of hydrogen-bond donors (Lipinski definition) is 3. The Balaban J connectivity index is 1.24. The van der Waals surface area contributed by atoms with Crippen LogP contribution in [0.2, 0.25) is 0 Å². The number of cyclic esters (lactones) is 1. The molecule has 294 valence electrons. The normalized spacial score (nSPS) is 29.6. The van der Waals surface area contributed by atoms with Gasteiger partial charge in [-0.2, -0.15) is 0 Å². The third-order valence-corrected chi connectivity index (χ3v) is 12.7. The van der Waals surface area contributed by atoms with Crippen LogP contribution in [0.1, 0.15) is 76.5 Å². The lowest BCUT2D eigenvalue weighted by atomic mass is 9.85. The summed E-state index contributed by atoms with van der Waals surface area (Å²) in [5.41, 5.74) is 1.91. The van der Waals surface area contributed by atoms with Gasteiger partial charge in [0.15, 0.2) is 0 Å². The first kappa shape index (κ1) is 38.4. The van der Waals surface area contributed by atoms with Gasteiger partial charge in [0.05, 0.1) is 24.3 Å². The average molecular weight is 782 g/mol. The molecule has 3 fully saturated rings. The van der Waals surface area contributed by atoms with Crippen molar-refractivity contribution in [2.75, 3.05) is 13.2 Å². The van der Waals surface area contributed by atoms with Crippen molar-refractivity contribution in [3.8, 4) is 11.1 Å². The molecule has 7 rings (SSSR count). The number of alkyl carbamates (subject to hydrolysis) is 1. The van der Waals surface area contributed by atoms with Gasteiger partial charge in [-0.1, -0.05) is 81.4 Å². The number of hydrogen-bond acceptors (Lipinski definition) is 9. The topological polar surface area (TPSA) is 173 Å². The first-order valence-electron chi connectivity index (χ1n) is 18.5. The maximum atomic E-state index is 14.5. The smallest absolute Gasteiger partial charge is 0.407 e. The highest BCUT2D eigenvalue weighted by atomic mass is 32.2. The molecule has 6 atom stereocenters. The van der Waals surface area contributed by atoms with Crippen LogP contribution >= 0.6 is 0 Å². The molecule has 2 heterocycles. The molecule has 1 saturated heterocycles. The van der Waals surface area contributed by atoms with Crippen molar-refractivity contribution < 1.29 is 46.0 Å². The van der Waals surface area contributed by atoms with Crippen LogP contribution in [0, 0.1) is 17.3 Å². The quantitative estimate of drug-likeness (QED) is 0.331. The highest BCUT2D eigenvalue weighted by Gasteiger charge is 2.67. The van der Waals surface area contributed by atoms with Gasteiger partial charge in [-0.15, -0.1) is 0 Å². The van der Waals surface area contributed by atoms with Crippen molar-refractivity contribution in [1.82, 2.24) is 20.3 Å². The second-order valence-corrected chi connectivity index (χ2v) is 18.3. The van der Waals surface area contributed by atoms with E-state index >= 15 is 0 Å². The number of ether oxygens (including phenoxy) is 1. The molecule has 4 bridgehead atoms. The molecule has 2 saturated carbocycles. The lowest BCUT2D eigenvalue weighted by Crippen LogP contribution is -2.60. The summed E-state index contributed by atoms with van der Waals surface area (Å²) < 4.78 is 60.9. The molecule has 2 aromatic carbocycles. The van der Waals surface area contributed by atoms with Gasteiger partial charge in [0.1, 0.15) is 29.4 Å². The summed E-state index contributed by atoms with van der Waals surface area (Å²) in [6.07, 6.45) is -0.174. The van der Waals surface area contributed by atoms with Crippen molar-refractivity contribution in [1.29, 1.82) is 0 Å². The molecule has 2 aliphatic heterocycles. The molecule has 55 heavy (non-hydrogen) atoms. The predicted octanol–water partition coefficient (Wildman–Crippen LogP) is 4.35. The number of amides is 4. The Morgan fingerprint density at radius 1 is 1.05 bits per heavy atom. The lowest BCUT2D eigenvalue weighted by molar-refractivity contribution is -0.143. The summed E-state index contributed by atoms with van der Waals surface area (Å²) in [5.74, 6) is -4.58. The number of allylic oxidation sites excluding steroid dienone is 1. The van der Waals surface area contributed by atoms with Crippen LogP contribution in [-0.4, -0.2) is 91.4 Å². The zero-order valence-corrected chi connectivity index (χ0v) is 31.8. The molecule has 3 aliphatic carbocycles. The minimum atomic E-state index is -4.13. The number of fused-ring (bicyclic) bond motifs is 6. The highest BCUT2D eigenvalue weighted by molar-refractivity contribution is 7.91. The lowest BCUT2D eigenvalue weighted by Gasteiger charge is -2.35. The first-order valence-corrected chi connectivity index (χ1v) is 20.1. The number of alkyl halides is 2. The third kappa shape index (κ3) is 7.69. The molecule has 13 nitrogen and oxygen atoms in total. The van der Waals surface area contributed by atoms with Crippen molar-refractivity contribution in [2.24, 2.45) is 22.4 Å². The highest BCUT2D eigenvalue weighted by Crippen LogP contribution is 2.48. The van der Waals surface area contributed by atoms with Gasteiger partial charge in [0.2, 0.25) is 28.3 Å². The van der Waals surface area contributed by atoms with Gasteiger partial charge in [-0.25, -0.2) is 22.0 Å². The van der Waals surface area contributed by atoms with Crippen LogP contribution in [0.3, 0.4) is 0 Å². The molecule has 5 aliphatic rings. The van der Waals surface area contributed by atoms with Gasteiger partial charge >= 0.3 is 6.09 Å². The maximum Gasteiger partial charge on any atom is 0.407 e. The van der Waals surface area contributed by atoms with E-state index in [1.54, 1.807) is 20.8 Å². The summed E-state index contributed by atoms with van der Waals surface area (Å²) in [5, 5.41) is 8.87. The molecule has 3 N–H and O–H groups in total. The number of halogens is 2. The Bertz CT molecular complexity index is 2080. The van der Waals surface area contributed by atoms with E-state index in [2.05, 4.69) is 15.8 Å². The Hall–Kier alpha value is -4.86. The minimum Gasteiger partial charge on any atom is -0.449 e. The largest absolute Gasteiger partial charge is 0.449 e. The number of nitrogens with zero attached hydrogens (tertiary/aromatic N) is 2. The van der Waals surface area contributed by atoms with Gasteiger partial charge < -0.3 is 25.1 Å². The number of rotatable bonds is 6. The number of nitrogens with one attached hydrogen (secondary N) is 3. The summed E-state index contributed by atoms with van der Waals surface area (Å²) in [6.45, 7) is 6.99. The van der Waals surface area contributed by atoms with Crippen LogP contribution in [0.25, 0.3) is 17.2 Å². The number of benzene rings is 2. The molecule has 4 amide bonds. The molecule has 0 spiro atoms. The zero-order chi connectivity index (χ0) is 39.4. The zero-order valence-electron chi connectivity index (χ0n) is 31.0. The van der Waals surface area contributed by atoms with Crippen LogP contribution in [0.4, 0.5) is 13.6 Å². The molecule has 0 unspecified atom stereocenters. The van der Waals surface area contributed by atoms with E-state index in [4.69, 9.17) is 9.57 Å². The number of carbonyl (C=O) groups is 4. The van der Waals surface area contributed by atoms with E-state index < -0.39 is 87.0 Å². The number of sulfonamides is 1. The summed E-state index contributed by atoms with van der Waals surface area (Å²) in [4.78, 5) is 62.5. The average Bonchev–Trinajstić information content (AvgIpc) is 4.04. The van der Waals surface area contributed by atoms with E-state index in [0.29, 0.717) is 25.0 Å². The summed E-state index contributed by atoms with van der Waals surface area (Å²) in [7, 11) is -4.13. The SMILES string of the molecule is C[C@H]1C/C=C/c2ccc3c(c2)/C(=N/O[C@@H]2C[C@@H](C(=O)N[C@@]4(C(=O)NS(=O)(=O)C5CC5)C[C@H]4C(F)F)N(C2)C(=O)[C@H](C(C)(C)C)NC(=O)OC1)c1ccccc1-3. The summed E-state index contributed by atoms with van der Waals surface area (Å²) in [6, 6.07) is 11.1. The van der Waals surface area contributed by atoms with E-state index in [1.165, 1.54) is 4.90 Å². The van der Waals surface area contributed by atoms with Crippen molar-refractivity contribution in [3.63, 3.8) is 0 Å². The Morgan fingerprint density at radius 3 is 2.44 bits per heavy atom. The van der Waals surface area contributed by atoms with Crippen molar-refractivity contribution in [2.45, 2.75) is 95.2 Å². The molecular weight excluding hydrogens is 737 g/mol. The molecule has 0 aromatic heterocycles. The fourth-order valence-corrected chi connectivity index (χ4v) is 8.86. The van der Waals surface area contributed by atoms with Crippen molar-refractivity contribution >= 4 is 45.6 Å². The first-order chi connectivity index (χ1) is 26.0. The van der Waals surface area contributed by atoms with Gasteiger partial charge in [0, 0.05) is 17.5 Å². The Labute approximate surface area is 318 Å². The number of oxime groups is 1. The summed E-state index contributed by atoms with van der Waals surface area (Å²) >= 11 is 0. The van der Waals surface area contributed by atoms with E-state index in [1.807, 2.05) is 66.3 Å². The third-order valence-electron chi connectivity index (χ3n) is 10.9. The van der Waals surface area contributed by atoms with Gasteiger partial charge in [-0.3, -0.25) is 19.1 Å². The Morgan fingerprint density at radius 2 is 1.76 bits per heavy atom. The monoisotopic (exact) mass is 781 g/mol. The molecule has 0 radical (unpaired) electrons. The Kier molecular flexibility index (Phi) is 10.0. The van der Waals surface area contributed by atoms with E-state index in [9.17, 15) is 36.4 Å². The standard InChI is InChI=1S/C39H45F2N5O8S/c1-21-8-7-9-22-12-15-26-25-10-5-6-11-27(25)31(28(26)16-22)44-54-23-17-30(46(19-23)35(48)32(38(2,3)4)42-37(50)53-20-21)34(47)43-39(18-29(39)33(40)41)36(49)45-55(51,52)24-13-14-24/h5-7,9-12,15-16,21,23-24,29-30,32-33H,8,13-14,17-20H2,1-4H3,(H,42,50)(H,43,47)(H,45,49)/b9-7+,44-31+/t21-,23+,29-,30-,32+,39-/m0/s1. The van der Waals surface area contributed by atoms with Gasteiger partial charge in [0.25, 0.3) is 5.91 Å². The molecule has 2 aromatic rings. The molecular formula is C39H45F2N5O8S. The number of carbonyl (C=O) groups excluding carboxylic acids is 4. The molecule has 16 heteroatoms. The van der Waals surface area contributed by atoms with E-state index in [-0.39, 0.29) is 25.5 Å². The predicted molar refractivity (Wildman–Crippen MR) is 198 cm³/mol. The van der Waals surface area contributed by atoms with Crippen LogP contribution in [-0.2, 0) is 34.0 Å². The fraction of sp³-hybridized carbons (Fsp3) is 0.513. The second-order valence-electron chi connectivity index (χ2n) is 16.3. The van der Waals surface area contributed by atoms with Crippen LogP contribution in [0.5, 0.6) is 0 Å². The van der Waals surface area contributed by atoms with Crippen LogP contribution in [0.15, 0.2) is 53.7 Å². The van der Waals surface area contributed by atoms with Gasteiger partial charge in [-0.05, 0) is 59.8 Å².